The summed E-state index contributed by atoms with van der Waals surface area (Å²) in [6, 6.07) is 0. The van der Waals surface area contributed by atoms with Gasteiger partial charge < -0.3 is 4.79 Å². The fraction of sp³-hybridized carbons (Fsp3) is 0.857. The molecule has 0 aromatic rings. The van der Waals surface area contributed by atoms with Gasteiger partial charge in [0.2, 0.25) is 0 Å². The van der Waals surface area contributed by atoms with Crippen molar-refractivity contribution in [1.29, 1.82) is 0 Å². The van der Waals surface area contributed by atoms with E-state index >= 15 is 0 Å². The van der Waals surface area contributed by atoms with E-state index in [4.69, 9.17) is 0 Å². The third-order valence-corrected chi connectivity index (χ3v) is 1.90. The summed E-state index contributed by atoms with van der Waals surface area (Å²) in [5, 5.41) is 0. The Hall–Kier alpha value is -0.330. The molecule has 0 aromatic heterocycles. The third-order valence-electron chi connectivity index (χ3n) is 1.90. The second-order valence-electron chi connectivity index (χ2n) is 2.55. The van der Waals surface area contributed by atoms with E-state index in [9.17, 15) is 4.79 Å². The molecule has 0 saturated heterocycles. The SMILES string of the molecule is O=CCC1CCCC1. The number of hydrogen-bond acceptors (Lipinski definition) is 1. The molecule has 0 N–H and O–H groups in total. The van der Waals surface area contributed by atoms with E-state index in [2.05, 4.69) is 0 Å². The first-order valence-electron chi connectivity index (χ1n) is 3.37. The third kappa shape index (κ3) is 1.32. The maximum Gasteiger partial charge on any atom is 0.120 e. The van der Waals surface area contributed by atoms with Crippen molar-refractivity contribution in [1.82, 2.24) is 0 Å². The minimum atomic E-state index is 0.743. The summed E-state index contributed by atoms with van der Waals surface area (Å²) >= 11 is 0. The standard InChI is InChI=1S/C7H12O/c8-6-5-7-3-1-2-4-7/h6-7H,1-5H2. The van der Waals surface area contributed by atoms with Gasteiger partial charge in [0.15, 0.2) is 0 Å². The molecule has 0 radical (unpaired) electrons. The molecule has 0 atom stereocenters. The van der Waals surface area contributed by atoms with Crippen molar-refractivity contribution in [3.8, 4) is 0 Å². The Labute approximate surface area is 50.1 Å². The van der Waals surface area contributed by atoms with E-state index in [1.54, 1.807) is 0 Å². The lowest BCUT2D eigenvalue weighted by molar-refractivity contribution is -0.108. The molecule has 0 spiro atoms. The normalized spacial score (nSPS) is 21.5. The zero-order chi connectivity index (χ0) is 5.82. The van der Waals surface area contributed by atoms with Gasteiger partial charge in [0.25, 0.3) is 0 Å². The molecule has 1 saturated carbocycles. The van der Waals surface area contributed by atoms with Gasteiger partial charge in [-0.25, -0.2) is 0 Å². The van der Waals surface area contributed by atoms with Crippen molar-refractivity contribution < 1.29 is 4.79 Å². The molecule has 1 rings (SSSR count). The van der Waals surface area contributed by atoms with Crippen LogP contribution in [-0.4, -0.2) is 6.29 Å². The quantitative estimate of drug-likeness (QED) is 0.497. The first kappa shape index (κ1) is 5.80. The topological polar surface area (TPSA) is 17.1 Å². The lowest BCUT2D eigenvalue weighted by Gasteiger charge is -1.98. The molecule has 0 aromatic carbocycles. The molecule has 1 aliphatic rings. The smallest absolute Gasteiger partial charge is 0.120 e. The number of rotatable bonds is 2. The van der Waals surface area contributed by atoms with E-state index in [0.29, 0.717) is 0 Å². The van der Waals surface area contributed by atoms with Crippen LogP contribution in [0.4, 0.5) is 0 Å². The highest BCUT2D eigenvalue weighted by molar-refractivity contribution is 5.49. The lowest BCUT2D eigenvalue weighted by Crippen LogP contribution is -1.91. The van der Waals surface area contributed by atoms with E-state index in [-0.39, 0.29) is 0 Å². The maximum atomic E-state index is 9.96. The highest BCUT2D eigenvalue weighted by Gasteiger charge is 2.13. The molecule has 0 bridgehead atoms. The molecular formula is C7H12O. The molecule has 0 heterocycles. The van der Waals surface area contributed by atoms with Gasteiger partial charge in [-0.1, -0.05) is 25.7 Å². The molecule has 1 aliphatic carbocycles. The van der Waals surface area contributed by atoms with Gasteiger partial charge in [-0.3, -0.25) is 0 Å². The van der Waals surface area contributed by atoms with Crippen molar-refractivity contribution >= 4 is 6.29 Å². The minimum absolute atomic E-state index is 0.743. The molecule has 0 amide bonds. The second kappa shape index (κ2) is 2.85. The van der Waals surface area contributed by atoms with E-state index in [0.717, 1.165) is 18.6 Å². The van der Waals surface area contributed by atoms with Crippen molar-refractivity contribution in [2.75, 3.05) is 0 Å². The number of carbonyl (C=O) groups is 1. The van der Waals surface area contributed by atoms with Gasteiger partial charge in [-0.05, 0) is 5.92 Å². The summed E-state index contributed by atoms with van der Waals surface area (Å²) in [6.45, 7) is 0. The number of aldehydes is 1. The Bertz CT molecular complexity index is 72.5. The van der Waals surface area contributed by atoms with Crippen LogP contribution in [0.1, 0.15) is 32.1 Å². The van der Waals surface area contributed by atoms with Crippen LogP contribution in [-0.2, 0) is 4.79 Å². The maximum absolute atomic E-state index is 9.96. The van der Waals surface area contributed by atoms with Crippen molar-refractivity contribution in [3.05, 3.63) is 0 Å². The molecule has 0 aliphatic heterocycles. The predicted octanol–water partition coefficient (Wildman–Crippen LogP) is 1.77. The average Bonchev–Trinajstić information content (AvgIpc) is 2.19. The van der Waals surface area contributed by atoms with Crippen molar-refractivity contribution in [3.63, 3.8) is 0 Å². The van der Waals surface area contributed by atoms with Crippen LogP contribution in [0.25, 0.3) is 0 Å². The highest BCUT2D eigenvalue weighted by Crippen LogP contribution is 2.26. The Morgan fingerprint density at radius 2 is 2.00 bits per heavy atom. The summed E-state index contributed by atoms with van der Waals surface area (Å²) in [7, 11) is 0. The van der Waals surface area contributed by atoms with Crippen LogP contribution in [0.5, 0.6) is 0 Å². The first-order valence-corrected chi connectivity index (χ1v) is 3.37. The summed E-state index contributed by atoms with van der Waals surface area (Å²) in [4.78, 5) is 9.96. The predicted molar refractivity (Wildman–Crippen MR) is 32.6 cm³/mol. The van der Waals surface area contributed by atoms with Gasteiger partial charge >= 0.3 is 0 Å². The van der Waals surface area contributed by atoms with Crippen LogP contribution >= 0.6 is 0 Å². The molecule has 1 fully saturated rings. The summed E-state index contributed by atoms with van der Waals surface area (Å²) in [6.07, 6.45) is 7.13. The van der Waals surface area contributed by atoms with E-state index < -0.39 is 0 Å². The molecule has 8 heavy (non-hydrogen) atoms. The van der Waals surface area contributed by atoms with Crippen LogP contribution in [0.15, 0.2) is 0 Å². The molecule has 0 unspecified atom stereocenters. The highest BCUT2D eigenvalue weighted by atomic mass is 16.1. The fourth-order valence-electron chi connectivity index (χ4n) is 1.38. The molecule has 46 valence electrons. The summed E-state index contributed by atoms with van der Waals surface area (Å²) in [5.74, 6) is 0.743. The van der Waals surface area contributed by atoms with Crippen molar-refractivity contribution in [2.45, 2.75) is 32.1 Å². The van der Waals surface area contributed by atoms with E-state index in [1.807, 2.05) is 0 Å². The van der Waals surface area contributed by atoms with Crippen LogP contribution < -0.4 is 0 Å². The van der Waals surface area contributed by atoms with Crippen molar-refractivity contribution in [2.24, 2.45) is 5.92 Å². The Morgan fingerprint density at radius 1 is 1.38 bits per heavy atom. The summed E-state index contributed by atoms with van der Waals surface area (Å²) < 4.78 is 0. The largest absolute Gasteiger partial charge is 0.303 e. The van der Waals surface area contributed by atoms with E-state index in [1.165, 1.54) is 25.7 Å². The van der Waals surface area contributed by atoms with Gasteiger partial charge in [0, 0.05) is 6.42 Å². The Balaban J connectivity index is 2.14. The first-order chi connectivity index (χ1) is 3.93. The van der Waals surface area contributed by atoms with Crippen LogP contribution in [0.3, 0.4) is 0 Å². The second-order valence-corrected chi connectivity index (χ2v) is 2.55. The molecule has 1 heteroatoms. The molecular weight excluding hydrogens is 100 g/mol. The lowest BCUT2D eigenvalue weighted by atomic mass is 10.1. The Morgan fingerprint density at radius 3 is 2.50 bits per heavy atom. The Kier molecular flexibility index (Phi) is 2.07. The number of carbonyl (C=O) groups excluding carboxylic acids is 1. The summed E-state index contributed by atoms with van der Waals surface area (Å²) in [5.41, 5.74) is 0. The zero-order valence-corrected chi connectivity index (χ0v) is 5.10. The fourth-order valence-corrected chi connectivity index (χ4v) is 1.38. The zero-order valence-electron chi connectivity index (χ0n) is 5.10. The average molecular weight is 112 g/mol. The monoisotopic (exact) mass is 112 g/mol. The van der Waals surface area contributed by atoms with Gasteiger partial charge in [-0.2, -0.15) is 0 Å². The van der Waals surface area contributed by atoms with Gasteiger partial charge in [-0.15, -0.1) is 0 Å². The van der Waals surface area contributed by atoms with Gasteiger partial charge in [0.1, 0.15) is 6.29 Å². The van der Waals surface area contributed by atoms with Gasteiger partial charge in [0.05, 0.1) is 0 Å². The molecule has 1 nitrogen and oxygen atoms in total. The van der Waals surface area contributed by atoms with Crippen LogP contribution in [0, 0.1) is 5.92 Å². The van der Waals surface area contributed by atoms with Crippen LogP contribution in [0.2, 0.25) is 0 Å². The minimum Gasteiger partial charge on any atom is -0.303 e. The number of hydrogen-bond donors (Lipinski definition) is 0.